The maximum atomic E-state index is 10.6. The summed E-state index contributed by atoms with van der Waals surface area (Å²) in [5.74, 6) is -0.777. The number of rotatable bonds is 5. The number of carboxylic acids is 1. The molecule has 0 bridgehead atoms. The molecule has 0 aliphatic heterocycles. The van der Waals surface area contributed by atoms with E-state index >= 15 is 0 Å². The van der Waals surface area contributed by atoms with E-state index in [0.29, 0.717) is 0 Å². The lowest BCUT2D eigenvalue weighted by molar-refractivity contribution is -0.136. The third-order valence-electron chi connectivity index (χ3n) is 2.24. The molecular formula is C12H13NO2S2. The Balaban J connectivity index is 2.15. The van der Waals surface area contributed by atoms with Gasteiger partial charge in [-0.1, -0.05) is 0 Å². The number of thiophene rings is 2. The second-order valence-corrected chi connectivity index (χ2v) is 5.97. The van der Waals surface area contributed by atoms with Gasteiger partial charge in [-0.2, -0.15) is 0 Å². The Bertz CT molecular complexity index is 516. The highest BCUT2D eigenvalue weighted by atomic mass is 32.1. The monoisotopic (exact) mass is 267 g/mol. The number of hydrogen-bond acceptors (Lipinski definition) is 4. The van der Waals surface area contributed by atoms with E-state index < -0.39 is 5.97 Å². The van der Waals surface area contributed by atoms with Gasteiger partial charge in [0.25, 0.3) is 0 Å². The molecule has 90 valence electrons. The van der Waals surface area contributed by atoms with Gasteiger partial charge in [0.15, 0.2) is 0 Å². The van der Waals surface area contributed by atoms with E-state index in [9.17, 15) is 4.79 Å². The Morgan fingerprint density at radius 2 is 1.76 bits per heavy atom. The molecule has 17 heavy (non-hydrogen) atoms. The van der Waals surface area contributed by atoms with E-state index in [1.165, 1.54) is 9.75 Å². The van der Waals surface area contributed by atoms with E-state index in [0.717, 1.165) is 16.3 Å². The van der Waals surface area contributed by atoms with Crippen LogP contribution < -0.4 is 5.32 Å². The van der Waals surface area contributed by atoms with E-state index in [1.54, 1.807) is 22.7 Å². The third kappa shape index (κ3) is 3.15. The van der Waals surface area contributed by atoms with Crippen LogP contribution in [0, 0.1) is 0 Å². The minimum atomic E-state index is -0.777. The highest BCUT2D eigenvalue weighted by Crippen LogP contribution is 2.33. The maximum Gasteiger partial charge on any atom is 0.308 e. The van der Waals surface area contributed by atoms with Crippen LogP contribution in [0.3, 0.4) is 0 Å². The predicted molar refractivity (Wildman–Crippen MR) is 71.7 cm³/mol. The summed E-state index contributed by atoms with van der Waals surface area (Å²) in [5.41, 5.74) is 0. The molecule has 0 aliphatic rings. The molecule has 5 heteroatoms. The van der Waals surface area contributed by atoms with Gasteiger partial charge in [-0.15, -0.1) is 22.7 Å². The van der Waals surface area contributed by atoms with Crippen LogP contribution in [0.25, 0.3) is 9.75 Å². The first-order valence-electron chi connectivity index (χ1n) is 5.23. The summed E-state index contributed by atoms with van der Waals surface area (Å²) in [6.07, 6.45) is 0.111. The number of hydrogen-bond donors (Lipinski definition) is 2. The highest BCUT2D eigenvalue weighted by Gasteiger charge is 2.08. The summed E-state index contributed by atoms with van der Waals surface area (Å²) >= 11 is 3.30. The molecule has 2 heterocycles. The molecule has 2 rings (SSSR count). The molecule has 3 nitrogen and oxygen atoms in total. The average Bonchev–Trinajstić information content (AvgIpc) is 2.86. The molecule has 0 amide bonds. The third-order valence-corrected chi connectivity index (χ3v) is 4.61. The zero-order valence-corrected chi connectivity index (χ0v) is 11.0. The number of carbonyl (C=O) groups is 1. The molecule has 0 spiro atoms. The Labute approximate surface area is 108 Å². The van der Waals surface area contributed by atoms with E-state index in [4.69, 9.17) is 5.11 Å². The van der Waals surface area contributed by atoms with E-state index in [-0.39, 0.29) is 6.42 Å². The molecule has 0 unspecified atom stereocenters. The second kappa shape index (κ2) is 5.44. The Kier molecular flexibility index (Phi) is 3.93. The van der Waals surface area contributed by atoms with Gasteiger partial charge in [-0.25, -0.2) is 0 Å². The van der Waals surface area contributed by atoms with Crippen LogP contribution in [0.4, 0.5) is 0 Å². The molecule has 0 radical (unpaired) electrons. The lowest BCUT2D eigenvalue weighted by Crippen LogP contribution is -2.02. The van der Waals surface area contributed by atoms with Crippen molar-refractivity contribution in [3.63, 3.8) is 0 Å². The number of nitrogens with one attached hydrogen (secondary N) is 1. The van der Waals surface area contributed by atoms with Crippen molar-refractivity contribution in [1.29, 1.82) is 0 Å². The summed E-state index contributed by atoms with van der Waals surface area (Å²) in [6, 6.07) is 8.09. The number of carboxylic acid groups (broad SMARTS) is 1. The minimum absolute atomic E-state index is 0.111. The molecule has 2 aromatic heterocycles. The predicted octanol–water partition coefficient (Wildman–Crippen LogP) is 2.82. The van der Waals surface area contributed by atoms with E-state index in [1.807, 2.05) is 19.2 Å². The van der Waals surface area contributed by atoms with Gasteiger partial charge in [0.05, 0.1) is 6.42 Å². The first-order chi connectivity index (χ1) is 8.19. The summed E-state index contributed by atoms with van der Waals surface area (Å²) in [6.45, 7) is 0.873. The molecule has 0 aromatic carbocycles. The second-order valence-electron chi connectivity index (χ2n) is 3.63. The van der Waals surface area contributed by atoms with Crippen LogP contribution >= 0.6 is 22.7 Å². The van der Waals surface area contributed by atoms with Crippen molar-refractivity contribution in [2.45, 2.75) is 13.0 Å². The molecule has 0 atom stereocenters. The van der Waals surface area contributed by atoms with E-state index in [2.05, 4.69) is 17.4 Å². The maximum absolute atomic E-state index is 10.6. The SMILES string of the molecule is CNCc1ccc(-c2ccc(CC(=O)O)s2)s1. The molecule has 0 saturated heterocycles. The standard InChI is InChI=1S/C12H13NO2S2/c1-13-7-9-3-5-11(17-9)10-4-2-8(16-10)6-12(14)15/h2-5,13H,6-7H2,1H3,(H,14,15). The van der Waals surface area contributed by atoms with Crippen molar-refractivity contribution in [2.75, 3.05) is 7.05 Å². The van der Waals surface area contributed by atoms with Gasteiger partial charge in [0.2, 0.25) is 0 Å². The Morgan fingerprint density at radius 3 is 2.35 bits per heavy atom. The van der Waals surface area contributed by atoms with Crippen molar-refractivity contribution in [1.82, 2.24) is 5.32 Å². The average molecular weight is 267 g/mol. The first-order valence-corrected chi connectivity index (χ1v) is 6.86. The lowest BCUT2D eigenvalue weighted by atomic mass is 10.3. The highest BCUT2D eigenvalue weighted by molar-refractivity contribution is 7.22. The van der Waals surface area contributed by atoms with Crippen LogP contribution in [0.1, 0.15) is 9.75 Å². The van der Waals surface area contributed by atoms with Crippen LogP contribution in [0.15, 0.2) is 24.3 Å². The van der Waals surface area contributed by atoms with Crippen molar-refractivity contribution in [2.24, 2.45) is 0 Å². The van der Waals surface area contributed by atoms with Gasteiger partial charge in [0.1, 0.15) is 0 Å². The molecule has 0 aliphatic carbocycles. The van der Waals surface area contributed by atoms with Gasteiger partial charge < -0.3 is 10.4 Å². The summed E-state index contributed by atoms with van der Waals surface area (Å²) in [5, 5.41) is 11.8. The fourth-order valence-electron chi connectivity index (χ4n) is 1.53. The van der Waals surface area contributed by atoms with Crippen molar-refractivity contribution >= 4 is 28.6 Å². The smallest absolute Gasteiger partial charge is 0.308 e. The normalized spacial score (nSPS) is 10.6. The Hall–Kier alpha value is -1.17. The van der Waals surface area contributed by atoms with Crippen LogP contribution in [-0.4, -0.2) is 18.1 Å². The molecule has 0 fully saturated rings. The quantitative estimate of drug-likeness (QED) is 0.876. The minimum Gasteiger partial charge on any atom is -0.481 e. The molecular weight excluding hydrogens is 254 g/mol. The van der Waals surface area contributed by atoms with Gasteiger partial charge in [-0.05, 0) is 31.3 Å². The summed E-state index contributed by atoms with van der Waals surface area (Å²) < 4.78 is 0. The largest absolute Gasteiger partial charge is 0.481 e. The molecule has 2 aromatic rings. The zero-order chi connectivity index (χ0) is 12.3. The van der Waals surface area contributed by atoms with Gasteiger partial charge >= 0.3 is 5.97 Å². The fourth-order valence-corrected chi connectivity index (χ4v) is 3.64. The van der Waals surface area contributed by atoms with Crippen LogP contribution in [0.2, 0.25) is 0 Å². The zero-order valence-electron chi connectivity index (χ0n) is 9.40. The van der Waals surface area contributed by atoms with Gasteiger partial charge in [-0.3, -0.25) is 4.79 Å². The molecule has 0 saturated carbocycles. The molecule has 2 N–H and O–H groups in total. The number of aliphatic carboxylic acids is 1. The van der Waals surface area contributed by atoms with Gasteiger partial charge in [0, 0.05) is 26.1 Å². The Morgan fingerprint density at radius 1 is 1.18 bits per heavy atom. The summed E-state index contributed by atoms with van der Waals surface area (Å²) in [4.78, 5) is 15.1. The topological polar surface area (TPSA) is 49.3 Å². The van der Waals surface area contributed by atoms with Crippen molar-refractivity contribution in [3.8, 4) is 9.75 Å². The van der Waals surface area contributed by atoms with Crippen LogP contribution in [-0.2, 0) is 17.8 Å². The first kappa shape index (κ1) is 12.3. The van der Waals surface area contributed by atoms with Crippen molar-refractivity contribution < 1.29 is 9.90 Å². The fraction of sp³-hybridized carbons (Fsp3) is 0.250. The van der Waals surface area contributed by atoms with Crippen molar-refractivity contribution in [3.05, 3.63) is 34.0 Å². The summed E-state index contributed by atoms with van der Waals surface area (Å²) in [7, 11) is 1.93. The van der Waals surface area contributed by atoms with Crippen LogP contribution in [0.5, 0.6) is 0 Å². The lowest BCUT2D eigenvalue weighted by Gasteiger charge is -1.92.